The lowest BCUT2D eigenvalue weighted by atomic mass is 10.1. The van der Waals surface area contributed by atoms with Crippen molar-refractivity contribution in [3.05, 3.63) is 60.0 Å². The minimum atomic E-state index is -0.726. The van der Waals surface area contributed by atoms with Crippen LogP contribution in [0.4, 0.5) is 4.39 Å². The summed E-state index contributed by atoms with van der Waals surface area (Å²) in [5.74, 6) is -0.952. The maximum absolute atomic E-state index is 14.1. The smallest absolute Gasteiger partial charge is 0.271 e. The van der Waals surface area contributed by atoms with E-state index in [1.54, 1.807) is 36.4 Å². The Hall–Kier alpha value is -2.56. The zero-order chi connectivity index (χ0) is 17.7. The van der Waals surface area contributed by atoms with Crippen LogP contribution in [0.1, 0.15) is 10.5 Å². The molecular weight excluding hydrogens is 330 g/mol. The lowest BCUT2D eigenvalue weighted by molar-refractivity contribution is 0.0996. The molecule has 0 aliphatic carbocycles. The van der Waals surface area contributed by atoms with Gasteiger partial charge < -0.3 is 15.3 Å². The Balaban J connectivity index is 0.00000100. The topological polar surface area (TPSA) is 89.4 Å². The highest BCUT2D eigenvalue weighted by Crippen LogP contribution is 2.30. The number of benzene rings is 2. The zero-order valence-corrected chi connectivity index (χ0v) is 14.0. The summed E-state index contributed by atoms with van der Waals surface area (Å²) in [6.07, 6.45) is 0. The monoisotopic (exact) mass is 346 g/mol. The van der Waals surface area contributed by atoms with E-state index in [2.05, 4.69) is 14.2 Å². The zero-order valence-electron chi connectivity index (χ0n) is 12.9. The Morgan fingerprint density at radius 2 is 1.83 bits per heavy atom. The summed E-state index contributed by atoms with van der Waals surface area (Å²) in [6, 6.07) is 13.6. The summed E-state index contributed by atoms with van der Waals surface area (Å²) < 4.78 is 19.7. The standard InChI is InChI=1S/C16H12FN2O2P.CH4O/c17-10-7-4-8-11(22)12(10)16-19-13(15(18)20)14(21-16)9-5-2-1-3-6-9;1-2/h1-8H,22H2,(H2,18,20);2H,1H3. The number of primary amides is 1. The average Bonchev–Trinajstić information content (AvgIpc) is 3.03. The van der Waals surface area contributed by atoms with E-state index in [1.165, 1.54) is 6.07 Å². The van der Waals surface area contributed by atoms with Crippen molar-refractivity contribution in [3.8, 4) is 22.8 Å². The van der Waals surface area contributed by atoms with Crippen molar-refractivity contribution in [2.45, 2.75) is 0 Å². The molecule has 3 rings (SSSR count). The fourth-order valence-electron chi connectivity index (χ4n) is 2.15. The van der Waals surface area contributed by atoms with E-state index in [9.17, 15) is 9.18 Å². The van der Waals surface area contributed by atoms with Crippen molar-refractivity contribution in [3.63, 3.8) is 0 Å². The first-order valence-electron chi connectivity index (χ1n) is 6.93. The van der Waals surface area contributed by atoms with E-state index in [1.807, 2.05) is 6.07 Å². The first-order valence-corrected chi connectivity index (χ1v) is 7.51. The Morgan fingerprint density at radius 3 is 2.42 bits per heavy atom. The Kier molecular flexibility index (Phi) is 5.79. The molecule has 1 atom stereocenters. The largest absolute Gasteiger partial charge is 0.435 e. The average molecular weight is 346 g/mol. The normalized spacial score (nSPS) is 10.0. The van der Waals surface area contributed by atoms with Gasteiger partial charge in [0.15, 0.2) is 11.5 Å². The van der Waals surface area contributed by atoms with Crippen molar-refractivity contribution in [2.75, 3.05) is 7.11 Å². The van der Waals surface area contributed by atoms with Crippen LogP contribution in [-0.4, -0.2) is 23.1 Å². The van der Waals surface area contributed by atoms with Crippen LogP contribution in [0.25, 0.3) is 22.8 Å². The molecule has 0 bridgehead atoms. The van der Waals surface area contributed by atoms with Crippen molar-refractivity contribution in [2.24, 2.45) is 5.73 Å². The van der Waals surface area contributed by atoms with Crippen LogP contribution < -0.4 is 11.0 Å². The number of hydrogen-bond donors (Lipinski definition) is 2. The minimum Gasteiger partial charge on any atom is -0.435 e. The molecule has 1 aromatic heterocycles. The van der Waals surface area contributed by atoms with Crippen LogP contribution in [0.15, 0.2) is 52.9 Å². The number of nitrogens with two attached hydrogens (primary N) is 1. The van der Waals surface area contributed by atoms with Gasteiger partial charge in [-0.25, -0.2) is 9.37 Å². The minimum absolute atomic E-state index is 0.0196. The number of carbonyl (C=O) groups is 1. The number of nitrogens with zero attached hydrogens (tertiary/aromatic N) is 1. The van der Waals surface area contributed by atoms with Crippen LogP contribution in [0, 0.1) is 5.82 Å². The molecule has 0 fully saturated rings. The number of aromatic nitrogens is 1. The van der Waals surface area contributed by atoms with E-state index >= 15 is 0 Å². The number of aliphatic hydroxyl groups is 1. The molecular formula is C17H16FN2O3P. The van der Waals surface area contributed by atoms with Gasteiger partial charge in [-0.15, -0.1) is 9.24 Å². The molecule has 1 unspecified atom stereocenters. The number of amides is 1. The first kappa shape index (κ1) is 17.8. The van der Waals surface area contributed by atoms with Crippen LogP contribution in [0.5, 0.6) is 0 Å². The second kappa shape index (κ2) is 7.81. The molecule has 0 radical (unpaired) electrons. The number of hydrogen-bond acceptors (Lipinski definition) is 4. The molecule has 0 aliphatic heterocycles. The second-order valence-corrected chi connectivity index (χ2v) is 5.25. The van der Waals surface area contributed by atoms with Crippen LogP contribution in [0.2, 0.25) is 0 Å². The number of oxazole rings is 1. The van der Waals surface area contributed by atoms with Gasteiger partial charge in [-0.2, -0.15) is 0 Å². The molecule has 3 aromatic rings. The van der Waals surface area contributed by atoms with Crippen molar-refractivity contribution >= 4 is 20.5 Å². The maximum atomic E-state index is 14.1. The summed E-state index contributed by atoms with van der Waals surface area (Å²) in [6.45, 7) is 0. The Morgan fingerprint density at radius 1 is 1.17 bits per heavy atom. The predicted molar refractivity (Wildman–Crippen MR) is 93.3 cm³/mol. The van der Waals surface area contributed by atoms with Gasteiger partial charge in [-0.1, -0.05) is 42.5 Å². The van der Waals surface area contributed by atoms with E-state index in [0.29, 0.717) is 10.9 Å². The maximum Gasteiger partial charge on any atom is 0.271 e. The third-order valence-corrected chi connectivity index (χ3v) is 3.64. The number of aliphatic hydroxyl groups excluding tert-OH is 1. The molecule has 0 saturated heterocycles. The van der Waals surface area contributed by atoms with Crippen molar-refractivity contribution in [1.29, 1.82) is 0 Å². The van der Waals surface area contributed by atoms with Gasteiger partial charge in [-0.3, -0.25) is 4.79 Å². The number of rotatable bonds is 3. The Labute approximate surface area is 140 Å². The van der Waals surface area contributed by atoms with E-state index in [0.717, 1.165) is 7.11 Å². The predicted octanol–water partition coefficient (Wildman–Crippen LogP) is 2.36. The van der Waals surface area contributed by atoms with Crippen LogP contribution >= 0.6 is 9.24 Å². The summed E-state index contributed by atoms with van der Waals surface area (Å²) >= 11 is 0. The molecule has 2 aromatic carbocycles. The highest BCUT2D eigenvalue weighted by Gasteiger charge is 2.22. The summed E-state index contributed by atoms with van der Waals surface area (Å²) in [5.41, 5.74) is 6.18. The number of halogens is 1. The van der Waals surface area contributed by atoms with Gasteiger partial charge in [0.2, 0.25) is 5.89 Å². The number of carbonyl (C=O) groups excluding carboxylic acids is 1. The summed E-state index contributed by atoms with van der Waals surface area (Å²) in [4.78, 5) is 15.7. The van der Waals surface area contributed by atoms with Crippen molar-refractivity contribution in [1.82, 2.24) is 4.98 Å². The molecule has 5 nitrogen and oxygen atoms in total. The van der Waals surface area contributed by atoms with Gasteiger partial charge in [0.25, 0.3) is 5.91 Å². The fourth-order valence-corrected chi connectivity index (χ4v) is 2.52. The Bertz CT molecular complexity index is 830. The molecule has 1 amide bonds. The van der Waals surface area contributed by atoms with Crippen LogP contribution in [0.3, 0.4) is 0 Å². The molecule has 0 saturated carbocycles. The van der Waals surface area contributed by atoms with Gasteiger partial charge in [0, 0.05) is 12.7 Å². The second-order valence-electron chi connectivity index (χ2n) is 4.63. The molecule has 0 aliphatic rings. The molecule has 1 heterocycles. The van der Waals surface area contributed by atoms with E-state index in [4.69, 9.17) is 15.3 Å². The third kappa shape index (κ3) is 3.50. The van der Waals surface area contributed by atoms with E-state index in [-0.39, 0.29) is 22.9 Å². The van der Waals surface area contributed by atoms with Gasteiger partial charge in [-0.05, 0) is 11.4 Å². The highest BCUT2D eigenvalue weighted by molar-refractivity contribution is 7.27. The van der Waals surface area contributed by atoms with Gasteiger partial charge >= 0.3 is 0 Å². The molecule has 3 N–H and O–H groups in total. The summed E-state index contributed by atoms with van der Waals surface area (Å²) in [5, 5.41) is 7.58. The molecule has 24 heavy (non-hydrogen) atoms. The van der Waals surface area contributed by atoms with Crippen molar-refractivity contribution < 1.29 is 18.7 Å². The molecule has 7 heteroatoms. The van der Waals surface area contributed by atoms with E-state index < -0.39 is 11.7 Å². The third-order valence-electron chi connectivity index (χ3n) is 3.16. The van der Waals surface area contributed by atoms with Gasteiger partial charge in [0.1, 0.15) is 5.82 Å². The van der Waals surface area contributed by atoms with Gasteiger partial charge in [0.05, 0.1) is 5.56 Å². The molecule has 0 spiro atoms. The molecule has 124 valence electrons. The summed E-state index contributed by atoms with van der Waals surface area (Å²) in [7, 11) is 3.42. The fraction of sp³-hybridized carbons (Fsp3) is 0.0588. The SMILES string of the molecule is CO.NC(=O)c1nc(-c2c(F)cccc2P)oc1-c1ccccc1. The van der Waals surface area contributed by atoms with Crippen LogP contribution in [-0.2, 0) is 0 Å². The first-order chi connectivity index (χ1) is 11.6. The quantitative estimate of drug-likeness (QED) is 0.713. The highest BCUT2D eigenvalue weighted by atomic mass is 31.0. The lowest BCUT2D eigenvalue weighted by Crippen LogP contribution is -2.12. The lowest BCUT2D eigenvalue weighted by Gasteiger charge is -2.02.